The van der Waals surface area contributed by atoms with Gasteiger partial charge in [-0.1, -0.05) is 32.1 Å². The van der Waals surface area contributed by atoms with Crippen molar-refractivity contribution >= 4 is 5.97 Å². The molecule has 2 rings (SSSR count). The van der Waals surface area contributed by atoms with Gasteiger partial charge < -0.3 is 25.2 Å². The number of aliphatic hydroxyl groups is 1. The maximum Gasteiger partial charge on any atom is 1.00 e. The zero-order valence-corrected chi connectivity index (χ0v) is 14.5. The van der Waals surface area contributed by atoms with Crippen LogP contribution in [0.4, 0.5) is 0 Å². The molecule has 1 fully saturated rings. The van der Waals surface area contributed by atoms with E-state index in [4.69, 9.17) is 10.2 Å². The minimum Gasteiger partial charge on any atom is -0.550 e. The topological polar surface area (TPSA) is 99.5 Å². The summed E-state index contributed by atoms with van der Waals surface area (Å²) in [7, 11) is 0. The number of rotatable bonds is 6. The Morgan fingerprint density at radius 3 is 2.62 bits per heavy atom. The SMILES string of the molecule is N[C@H](CC(=O)[O-])[C@@H](C1CCCCC1)[C@@H](O)c1ccco1.[Na+]. The maximum absolute atomic E-state index is 10.8. The van der Waals surface area contributed by atoms with Crippen molar-refractivity contribution in [3.05, 3.63) is 24.2 Å². The third-order valence-electron chi connectivity index (χ3n) is 4.29. The van der Waals surface area contributed by atoms with E-state index >= 15 is 0 Å². The average Bonchev–Trinajstić information content (AvgIpc) is 2.93. The van der Waals surface area contributed by atoms with Crippen LogP contribution in [0.1, 0.15) is 50.4 Å². The number of hydrogen-bond donors (Lipinski definition) is 2. The summed E-state index contributed by atoms with van der Waals surface area (Å²) in [5.41, 5.74) is 6.03. The number of furan rings is 1. The van der Waals surface area contributed by atoms with E-state index in [1.807, 2.05) is 0 Å². The molecule has 1 aromatic rings. The predicted molar refractivity (Wildman–Crippen MR) is 71.3 cm³/mol. The molecule has 0 amide bonds. The second-order valence-electron chi connectivity index (χ2n) is 5.68. The molecular formula is C15H22NNaO4. The molecule has 1 aromatic heterocycles. The molecule has 112 valence electrons. The van der Waals surface area contributed by atoms with Crippen molar-refractivity contribution in [1.82, 2.24) is 0 Å². The van der Waals surface area contributed by atoms with E-state index in [2.05, 4.69) is 0 Å². The quantitative estimate of drug-likeness (QED) is 0.591. The van der Waals surface area contributed by atoms with Crippen molar-refractivity contribution in [3.8, 4) is 0 Å². The van der Waals surface area contributed by atoms with E-state index in [1.165, 1.54) is 12.7 Å². The van der Waals surface area contributed by atoms with Gasteiger partial charge in [0.2, 0.25) is 0 Å². The molecule has 1 heterocycles. The molecule has 0 radical (unpaired) electrons. The van der Waals surface area contributed by atoms with Gasteiger partial charge in [-0.15, -0.1) is 0 Å². The van der Waals surface area contributed by atoms with Crippen LogP contribution in [-0.2, 0) is 4.79 Å². The first-order chi connectivity index (χ1) is 9.59. The van der Waals surface area contributed by atoms with Gasteiger partial charge in [0.15, 0.2) is 0 Å². The summed E-state index contributed by atoms with van der Waals surface area (Å²) in [5, 5.41) is 21.3. The summed E-state index contributed by atoms with van der Waals surface area (Å²) in [6, 6.07) is 2.79. The van der Waals surface area contributed by atoms with Crippen molar-refractivity contribution in [3.63, 3.8) is 0 Å². The second kappa shape index (κ2) is 8.96. The van der Waals surface area contributed by atoms with Crippen LogP contribution in [0.5, 0.6) is 0 Å². The van der Waals surface area contributed by atoms with Crippen LogP contribution in [0.2, 0.25) is 0 Å². The van der Waals surface area contributed by atoms with E-state index in [-0.39, 0.29) is 47.8 Å². The number of aliphatic hydroxyl groups excluding tert-OH is 1. The van der Waals surface area contributed by atoms with E-state index in [9.17, 15) is 15.0 Å². The zero-order chi connectivity index (χ0) is 14.5. The molecule has 1 aliphatic rings. The molecule has 0 aliphatic heterocycles. The Morgan fingerprint density at radius 2 is 2.10 bits per heavy atom. The molecule has 3 atom stereocenters. The predicted octanol–water partition coefficient (Wildman–Crippen LogP) is -2.02. The van der Waals surface area contributed by atoms with Crippen molar-refractivity contribution in [1.29, 1.82) is 0 Å². The summed E-state index contributed by atoms with van der Waals surface area (Å²) < 4.78 is 5.25. The molecule has 0 bridgehead atoms. The van der Waals surface area contributed by atoms with Gasteiger partial charge in [0, 0.05) is 24.3 Å². The van der Waals surface area contributed by atoms with Gasteiger partial charge in [0.1, 0.15) is 11.9 Å². The van der Waals surface area contributed by atoms with Crippen LogP contribution in [0.3, 0.4) is 0 Å². The van der Waals surface area contributed by atoms with Crippen LogP contribution in [-0.4, -0.2) is 17.1 Å². The first-order valence-electron chi connectivity index (χ1n) is 7.26. The fourth-order valence-corrected chi connectivity index (χ4v) is 3.34. The van der Waals surface area contributed by atoms with Crippen molar-refractivity contribution in [2.24, 2.45) is 17.6 Å². The van der Waals surface area contributed by atoms with Gasteiger partial charge >= 0.3 is 29.6 Å². The fraction of sp³-hybridized carbons (Fsp3) is 0.667. The zero-order valence-electron chi connectivity index (χ0n) is 12.5. The third-order valence-corrected chi connectivity index (χ3v) is 4.29. The molecule has 1 aliphatic carbocycles. The summed E-state index contributed by atoms with van der Waals surface area (Å²) in [4.78, 5) is 10.8. The molecule has 3 N–H and O–H groups in total. The van der Waals surface area contributed by atoms with Gasteiger partial charge in [-0.2, -0.15) is 0 Å². The first-order valence-corrected chi connectivity index (χ1v) is 7.26. The number of aliphatic carboxylic acids is 1. The Balaban J connectivity index is 0.00000220. The average molecular weight is 303 g/mol. The molecule has 5 nitrogen and oxygen atoms in total. The van der Waals surface area contributed by atoms with Gasteiger partial charge in [-0.25, -0.2) is 0 Å². The minimum absolute atomic E-state index is 0. The standard InChI is InChI=1S/C15H23NO4.Na/c16-11(9-13(17)18)14(10-5-2-1-3-6-10)15(19)12-7-4-8-20-12;/h4,7-8,10-11,14-15,19H,1-3,5-6,9,16H2,(H,17,18);/q;+1/p-1/t11-,14-,15+;/m1./s1. The Morgan fingerprint density at radius 1 is 1.43 bits per heavy atom. The third kappa shape index (κ3) is 5.11. The van der Waals surface area contributed by atoms with Gasteiger partial charge in [-0.3, -0.25) is 0 Å². The monoisotopic (exact) mass is 303 g/mol. The summed E-state index contributed by atoms with van der Waals surface area (Å²) >= 11 is 0. The van der Waals surface area contributed by atoms with Crippen LogP contribution in [0, 0.1) is 11.8 Å². The molecule has 1 saturated carbocycles. The van der Waals surface area contributed by atoms with E-state index < -0.39 is 18.1 Å². The molecule has 0 unspecified atom stereocenters. The van der Waals surface area contributed by atoms with Crippen LogP contribution >= 0.6 is 0 Å². The smallest absolute Gasteiger partial charge is 0.550 e. The minimum atomic E-state index is -1.18. The Bertz CT molecular complexity index is 417. The second-order valence-corrected chi connectivity index (χ2v) is 5.68. The van der Waals surface area contributed by atoms with Gasteiger partial charge in [-0.05, 0) is 18.1 Å². The summed E-state index contributed by atoms with van der Waals surface area (Å²) in [6.07, 6.45) is 5.75. The van der Waals surface area contributed by atoms with Gasteiger partial charge in [0.05, 0.1) is 6.26 Å². The maximum atomic E-state index is 10.8. The van der Waals surface area contributed by atoms with E-state index in [0.717, 1.165) is 25.7 Å². The van der Waals surface area contributed by atoms with Crippen LogP contribution in [0.15, 0.2) is 22.8 Å². The van der Waals surface area contributed by atoms with Crippen LogP contribution in [0.25, 0.3) is 0 Å². The Hall–Kier alpha value is -0.330. The van der Waals surface area contributed by atoms with E-state index in [1.54, 1.807) is 12.1 Å². The molecule has 0 spiro atoms. The number of hydrogen-bond acceptors (Lipinski definition) is 5. The molecular weight excluding hydrogens is 281 g/mol. The number of carbonyl (C=O) groups is 1. The largest absolute Gasteiger partial charge is 1.00 e. The van der Waals surface area contributed by atoms with E-state index in [0.29, 0.717) is 5.76 Å². The van der Waals surface area contributed by atoms with Gasteiger partial charge in [0.25, 0.3) is 0 Å². The molecule has 0 saturated heterocycles. The summed E-state index contributed by atoms with van der Waals surface area (Å²) in [6.45, 7) is 0. The van der Waals surface area contributed by atoms with Crippen LogP contribution < -0.4 is 40.4 Å². The number of carboxylic acids is 1. The molecule has 21 heavy (non-hydrogen) atoms. The summed E-state index contributed by atoms with van der Waals surface area (Å²) in [5.74, 6) is -0.795. The first kappa shape index (κ1) is 18.7. The Kier molecular flexibility index (Phi) is 7.98. The van der Waals surface area contributed by atoms with Crippen molar-refractivity contribution in [2.45, 2.75) is 50.7 Å². The normalized spacial score (nSPS) is 20.3. The Labute approximate surface area is 147 Å². The number of nitrogens with two attached hydrogens (primary N) is 1. The van der Waals surface area contributed by atoms with Crippen molar-refractivity contribution < 1.29 is 49.0 Å². The molecule has 0 aromatic carbocycles. The van der Waals surface area contributed by atoms with Crippen molar-refractivity contribution in [2.75, 3.05) is 0 Å². The fourth-order valence-electron chi connectivity index (χ4n) is 3.34. The number of carbonyl (C=O) groups excluding carboxylic acids is 1. The molecule has 6 heteroatoms. The number of carboxylic acid groups (broad SMARTS) is 1.